The van der Waals surface area contributed by atoms with Crippen LogP contribution in [0.4, 0.5) is 5.13 Å². The minimum Gasteiger partial charge on any atom is -0.374 e. The van der Waals surface area contributed by atoms with E-state index in [1.54, 1.807) is 0 Å². The molecule has 0 aliphatic carbocycles. The molecule has 0 saturated heterocycles. The Bertz CT molecular complexity index is 640. The number of anilines is 1. The zero-order valence-electron chi connectivity index (χ0n) is 10.4. The third kappa shape index (κ3) is 3.98. The van der Waals surface area contributed by atoms with E-state index in [0.29, 0.717) is 16.7 Å². The summed E-state index contributed by atoms with van der Waals surface area (Å²) in [7, 11) is -3.32. The van der Waals surface area contributed by atoms with Gasteiger partial charge in [0.05, 0.1) is 12.8 Å². The summed E-state index contributed by atoms with van der Waals surface area (Å²) < 4.78 is 24.9. The Morgan fingerprint density at radius 2 is 1.89 bits per heavy atom. The van der Waals surface area contributed by atoms with Crippen molar-refractivity contribution in [1.29, 1.82) is 0 Å². The fourth-order valence-corrected chi connectivity index (χ4v) is 3.01. The third-order valence-corrected chi connectivity index (χ3v) is 4.40. The van der Waals surface area contributed by atoms with Crippen molar-refractivity contribution >= 4 is 26.5 Å². The van der Waals surface area contributed by atoms with E-state index in [4.69, 9.17) is 5.73 Å². The number of nitrogen functional groups attached to an aromatic ring is 1. The van der Waals surface area contributed by atoms with Crippen LogP contribution in [0.15, 0.2) is 30.3 Å². The number of hydrogen-bond acceptors (Lipinski definition) is 6. The van der Waals surface area contributed by atoms with Gasteiger partial charge in [0, 0.05) is 6.54 Å². The average molecular weight is 298 g/mol. The second kappa shape index (κ2) is 5.64. The standard InChI is InChI=1S/C11H14N4O2S2/c1-19(16,17)15(7-9-5-3-2-4-6-9)8-10-13-14-11(12)18-10/h2-6H,7-8H2,1H3,(H2,12,14). The van der Waals surface area contributed by atoms with Gasteiger partial charge in [0.25, 0.3) is 0 Å². The van der Waals surface area contributed by atoms with Crippen molar-refractivity contribution in [2.45, 2.75) is 13.1 Å². The van der Waals surface area contributed by atoms with Crippen molar-refractivity contribution in [3.05, 3.63) is 40.9 Å². The van der Waals surface area contributed by atoms with Crippen molar-refractivity contribution in [3.8, 4) is 0 Å². The zero-order valence-corrected chi connectivity index (χ0v) is 12.0. The van der Waals surface area contributed by atoms with Gasteiger partial charge in [-0.05, 0) is 5.56 Å². The second-order valence-corrected chi connectivity index (χ2v) is 7.13. The van der Waals surface area contributed by atoms with Crippen molar-refractivity contribution < 1.29 is 8.42 Å². The van der Waals surface area contributed by atoms with E-state index in [9.17, 15) is 8.42 Å². The average Bonchev–Trinajstić information content (AvgIpc) is 2.74. The molecule has 1 heterocycles. The molecule has 6 nitrogen and oxygen atoms in total. The minimum atomic E-state index is -3.32. The van der Waals surface area contributed by atoms with Crippen LogP contribution in [0, 0.1) is 0 Å². The molecular weight excluding hydrogens is 284 g/mol. The molecule has 8 heteroatoms. The number of sulfonamides is 1. The fraction of sp³-hybridized carbons (Fsp3) is 0.273. The molecule has 2 aromatic rings. The molecule has 102 valence electrons. The van der Waals surface area contributed by atoms with E-state index in [1.807, 2.05) is 30.3 Å². The molecule has 0 atom stereocenters. The lowest BCUT2D eigenvalue weighted by molar-refractivity contribution is 0.403. The summed E-state index contributed by atoms with van der Waals surface area (Å²) in [5.41, 5.74) is 6.41. The summed E-state index contributed by atoms with van der Waals surface area (Å²) in [6, 6.07) is 9.40. The van der Waals surface area contributed by atoms with Gasteiger partial charge >= 0.3 is 0 Å². The van der Waals surface area contributed by atoms with Crippen molar-refractivity contribution in [2.75, 3.05) is 12.0 Å². The van der Waals surface area contributed by atoms with Gasteiger partial charge in [-0.2, -0.15) is 4.31 Å². The van der Waals surface area contributed by atoms with E-state index in [-0.39, 0.29) is 6.54 Å². The summed E-state index contributed by atoms with van der Waals surface area (Å²) in [5, 5.41) is 8.45. The number of nitrogens with two attached hydrogens (primary N) is 1. The Morgan fingerprint density at radius 1 is 1.21 bits per heavy atom. The SMILES string of the molecule is CS(=O)(=O)N(Cc1ccccc1)Cc1nnc(N)s1. The molecule has 1 aromatic heterocycles. The summed E-state index contributed by atoms with van der Waals surface area (Å²) in [5.74, 6) is 0. The Kier molecular flexibility index (Phi) is 4.13. The van der Waals surface area contributed by atoms with Gasteiger partial charge in [0.2, 0.25) is 15.2 Å². The Morgan fingerprint density at radius 3 is 2.42 bits per heavy atom. The van der Waals surface area contributed by atoms with E-state index in [1.165, 1.54) is 21.9 Å². The van der Waals surface area contributed by atoms with Crippen LogP contribution in [-0.4, -0.2) is 29.2 Å². The first-order chi connectivity index (χ1) is 8.95. The van der Waals surface area contributed by atoms with Crippen LogP contribution in [0.3, 0.4) is 0 Å². The number of rotatable bonds is 5. The van der Waals surface area contributed by atoms with E-state index in [0.717, 1.165) is 5.56 Å². The Balaban J connectivity index is 2.18. The van der Waals surface area contributed by atoms with Crippen LogP contribution in [0.5, 0.6) is 0 Å². The number of hydrogen-bond donors (Lipinski definition) is 1. The monoisotopic (exact) mass is 298 g/mol. The molecule has 2 N–H and O–H groups in total. The highest BCUT2D eigenvalue weighted by atomic mass is 32.2. The predicted octanol–water partition coefficient (Wildman–Crippen LogP) is 1.08. The topological polar surface area (TPSA) is 89.2 Å². The van der Waals surface area contributed by atoms with Crippen LogP contribution in [-0.2, 0) is 23.1 Å². The molecule has 0 fully saturated rings. The highest BCUT2D eigenvalue weighted by molar-refractivity contribution is 7.88. The van der Waals surface area contributed by atoms with E-state index in [2.05, 4.69) is 10.2 Å². The first-order valence-corrected chi connectivity index (χ1v) is 8.18. The molecule has 0 spiro atoms. The number of aromatic nitrogens is 2. The first-order valence-electron chi connectivity index (χ1n) is 5.52. The maximum absolute atomic E-state index is 11.8. The van der Waals surface area contributed by atoms with Crippen molar-refractivity contribution in [2.24, 2.45) is 0 Å². The Hall–Kier alpha value is -1.51. The number of benzene rings is 1. The van der Waals surface area contributed by atoms with Crippen LogP contribution in [0.1, 0.15) is 10.6 Å². The van der Waals surface area contributed by atoms with Crippen LogP contribution < -0.4 is 5.73 Å². The lowest BCUT2D eigenvalue weighted by Crippen LogP contribution is -2.29. The predicted molar refractivity (Wildman–Crippen MR) is 74.9 cm³/mol. The summed E-state index contributed by atoms with van der Waals surface area (Å²) in [4.78, 5) is 0. The zero-order chi connectivity index (χ0) is 13.9. The van der Waals surface area contributed by atoms with Gasteiger partial charge in [0.15, 0.2) is 0 Å². The van der Waals surface area contributed by atoms with Crippen LogP contribution in [0.2, 0.25) is 0 Å². The maximum Gasteiger partial charge on any atom is 0.211 e. The van der Waals surface area contributed by atoms with Crippen molar-refractivity contribution in [3.63, 3.8) is 0 Å². The first kappa shape index (κ1) is 13.9. The van der Waals surface area contributed by atoms with E-state index < -0.39 is 10.0 Å². The minimum absolute atomic E-state index is 0.183. The third-order valence-electron chi connectivity index (χ3n) is 2.46. The van der Waals surface area contributed by atoms with Gasteiger partial charge < -0.3 is 5.73 Å². The Labute approximate surface area is 115 Å². The van der Waals surface area contributed by atoms with Crippen molar-refractivity contribution in [1.82, 2.24) is 14.5 Å². The van der Waals surface area contributed by atoms with Crippen LogP contribution in [0.25, 0.3) is 0 Å². The highest BCUT2D eigenvalue weighted by Gasteiger charge is 2.19. The quantitative estimate of drug-likeness (QED) is 0.892. The lowest BCUT2D eigenvalue weighted by atomic mass is 10.2. The fourth-order valence-electron chi connectivity index (χ4n) is 1.56. The molecule has 0 bridgehead atoms. The maximum atomic E-state index is 11.8. The summed E-state index contributed by atoms with van der Waals surface area (Å²) in [6.45, 7) is 0.488. The molecule has 0 unspecified atom stereocenters. The molecule has 0 radical (unpaired) electrons. The highest BCUT2D eigenvalue weighted by Crippen LogP contribution is 2.17. The molecule has 2 rings (SSSR count). The molecule has 0 aliphatic heterocycles. The second-order valence-electron chi connectivity index (χ2n) is 4.05. The van der Waals surface area contributed by atoms with Gasteiger partial charge in [0.1, 0.15) is 5.01 Å². The molecular formula is C11H14N4O2S2. The summed E-state index contributed by atoms with van der Waals surface area (Å²) >= 11 is 1.19. The molecule has 0 aliphatic rings. The molecule has 0 amide bonds. The summed E-state index contributed by atoms with van der Waals surface area (Å²) in [6.07, 6.45) is 1.18. The smallest absolute Gasteiger partial charge is 0.211 e. The van der Waals surface area contributed by atoms with Crippen LogP contribution >= 0.6 is 11.3 Å². The molecule has 0 saturated carbocycles. The van der Waals surface area contributed by atoms with Gasteiger partial charge in [-0.25, -0.2) is 8.42 Å². The molecule has 19 heavy (non-hydrogen) atoms. The number of nitrogens with zero attached hydrogens (tertiary/aromatic N) is 3. The normalized spacial score (nSPS) is 11.9. The largest absolute Gasteiger partial charge is 0.374 e. The van der Waals surface area contributed by atoms with Gasteiger partial charge in [-0.1, -0.05) is 41.7 Å². The molecule has 1 aromatic carbocycles. The van der Waals surface area contributed by atoms with Gasteiger partial charge in [-0.15, -0.1) is 10.2 Å². The van der Waals surface area contributed by atoms with E-state index >= 15 is 0 Å². The lowest BCUT2D eigenvalue weighted by Gasteiger charge is -2.18. The van der Waals surface area contributed by atoms with Gasteiger partial charge in [-0.3, -0.25) is 0 Å².